The molecule has 4 aliphatic carbocycles. The van der Waals surface area contributed by atoms with Crippen LogP contribution in [0.1, 0.15) is 89.9 Å². The Hall–Kier alpha value is -1.88. The largest absolute Gasteiger partial charge is 0.481 e. The monoisotopic (exact) mass is 662 g/mol. The highest BCUT2D eigenvalue weighted by Gasteiger charge is 2.42. The highest BCUT2D eigenvalue weighted by Crippen LogP contribution is 2.37. The van der Waals surface area contributed by atoms with Crippen LogP contribution >= 0.6 is 0 Å². The lowest BCUT2D eigenvalue weighted by Gasteiger charge is -2.36. The molecule has 15 heteroatoms. The molecule has 4 fully saturated rings. The van der Waals surface area contributed by atoms with Gasteiger partial charge in [0.2, 0.25) is 5.91 Å². The van der Waals surface area contributed by atoms with Gasteiger partial charge in [-0.05, 0) is 108 Å². The summed E-state index contributed by atoms with van der Waals surface area (Å²) in [7, 11) is -3.37. The molecule has 6 atom stereocenters. The summed E-state index contributed by atoms with van der Waals surface area (Å²) in [5.74, 6) is -4.28. The molecule has 45 heavy (non-hydrogen) atoms. The van der Waals surface area contributed by atoms with Crippen LogP contribution in [0.4, 0.5) is 0 Å². The van der Waals surface area contributed by atoms with Gasteiger partial charge in [0.25, 0.3) is 0 Å². The predicted molar refractivity (Wildman–Crippen MR) is 159 cm³/mol. The first-order chi connectivity index (χ1) is 21.5. The maximum atomic E-state index is 13.5. The third-order valence-corrected chi connectivity index (χ3v) is 13.7. The van der Waals surface area contributed by atoms with Crippen LogP contribution in [0.25, 0.3) is 0 Å². The van der Waals surface area contributed by atoms with E-state index in [1.165, 1.54) is 0 Å². The van der Waals surface area contributed by atoms with E-state index in [0.717, 1.165) is 0 Å². The molecule has 0 aliphatic heterocycles. The Morgan fingerprint density at radius 1 is 0.644 bits per heavy atom. The van der Waals surface area contributed by atoms with Crippen LogP contribution in [0.15, 0.2) is 0 Å². The average molecular weight is 663 g/mol. The Balaban J connectivity index is 1.19. The topological polar surface area (TPSA) is 218 Å². The fraction of sp³-hybridized carbons (Fsp3) is 0.900. The maximum Gasteiger partial charge on any atom is 0.307 e. The molecule has 0 saturated heterocycles. The fourth-order valence-electron chi connectivity index (χ4n) is 8.07. The summed E-state index contributed by atoms with van der Waals surface area (Å²) >= 11 is 0. The summed E-state index contributed by atoms with van der Waals surface area (Å²) in [5.41, 5.74) is 3.06. The minimum absolute atomic E-state index is 0.00457. The van der Waals surface area contributed by atoms with Gasteiger partial charge >= 0.3 is 11.9 Å². The number of nitrogens with one attached hydrogen (secondary N) is 2. The standard InChI is InChI=1S/C30H50N2O12S/c33-28(27-13-18(15-43-38)1-12-26(27)30(36)37)31-22-4-8-24(9-5-22)45(40,41)25-10-6-23(7-11-25)32-42-16-21-14-19(29(34)35)2-3-20(21)17-44-39/h18-27,32,38-39H,1-17H2,(H,31,33)(H,34,35)(H,36,37). The number of aliphatic carboxylic acids is 2. The molecule has 0 aromatic rings. The van der Waals surface area contributed by atoms with E-state index in [4.69, 9.17) is 15.4 Å². The molecule has 0 spiro atoms. The number of sulfone groups is 1. The van der Waals surface area contributed by atoms with Crippen molar-refractivity contribution < 1.29 is 58.1 Å². The van der Waals surface area contributed by atoms with Crippen molar-refractivity contribution in [2.45, 2.75) is 112 Å². The van der Waals surface area contributed by atoms with Crippen LogP contribution in [-0.4, -0.2) is 89.4 Å². The van der Waals surface area contributed by atoms with Crippen LogP contribution in [-0.2, 0) is 38.8 Å². The molecule has 6 N–H and O–H groups in total. The molecule has 4 saturated carbocycles. The van der Waals surface area contributed by atoms with E-state index < -0.39 is 50.0 Å². The summed E-state index contributed by atoms with van der Waals surface area (Å²) in [4.78, 5) is 50.7. The predicted octanol–water partition coefficient (Wildman–Crippen LogP) is 2.87. The van der Waals surface area contributed by atoms with Crippen molar-refractivity contribution in [1.29, 1.82) is 0 Å². The van der Waals surface area contributed by atoms with Crippen LogP contribution in [0.2, 0.25) is 0 Å². The lowest BCUT2D eigenvalue weighted by atomic mass is 9.73. The normalized spacial score (nSPS) is 36.2. The van der Waals surface area contributed by atoms with Crippen molar-refractivity contribution in [1.82, 2.24) is 10.8 Å². The zero-order valence-corrected chi connectivity index (χ0v) is 26.6. The van der Waals surface area contributed by atoms with Gasteiger partial charge in [-0.15, -0.1) is 0 Å². The molecular weight excluding hydrogens is 612 g/mol. The molecule has 0 heterocycles. The molecule has 4 rings (SSSR count). The van der Waals surface area contributed by atoms with Gasteiger partial charge in [-0.3, -0.25) is 24.9 Å². The van der Waals surface area contributed by atoms with E-state index in [9.17, 15) is 33.0 Å². The van der Waals surface area contributed by atoms with Gasteiger partial charge in [-0.1, -0.05) is 0 Å². The van der Waals surface area contributed by atoms with Crippen molar-refractivity contribution in [2.75, 3.05) is 19.8 Å². The van der Waals surface area contributed by atoms with Gasteiger partial charge in [0.05, 0.1) is 48.1 Å². The Morgan fingerprint density at radius 2 is 1.27 bits per heavy atom. The molecule has 14 nitrogen and oxygen atoms in total. The first kappa shape index (κ1) is 36.0. The lowest BCUT2D eigenvalue weighted by Crippen LogP contribution is -2.48. The molecule has 0 radical (unpaired) electrons. The SMILES string of the molecule is O=C(O)C1CCC(COO)C(CONC2CCC(S(=O)(=O)C3CCC(NC(=O)C4CC(COO)CCC4C(=O)O)CC3)CC2)C1. The number of rotatable bonds is 14. The van der Waals surface area contributed by atoms with Crippen molar-refractivity contribution in [3.63, 3.8) is 0 Å². The van der Waals surface area contributed by atoms with Crippen molar-refractivity contribution in [3.8, 4) is 0 Å². The van der Waals surface area contributed by atoms with E-state index in [1.54, 1.807) is 0 Å². The third-order valence-electron chi connectivity index (χ3n) is 10.9. The second-order valence-corrected chi connectivity index (χ2v) is 16.2. The number of amides is 1. The van der Waals surface area contributed by atoms with Gasteiger partial charge in [0.1, 0.15) is 0 Å². The molecule has 1 amide bonds. The number of carbonyl (C=O) groups is 3. The molecule has 6 unspecified atom stereocenters. The van der Waals surface area contributed by atoms with E-state index in [1.807, 2.05) is 0 Å². The average Bonchev–Trinajstić information content (AvgIpc) is 3.02. The Labute approximate surface area is 264 Å². The molecule has 0 aromatic heterocycles. The minimum Gasteiger partial charge on any atom is -0.481 e. The quantitative estimate of drug-likeness (QED) is 0.117. The maximum absolute atomic E-state index is 13.5. The van der Waals surface area contributed by atoms with Gasteiger partial charge < -0.3 is 20.4 Å². The van der Waals surface area contributed by atoms with Crippen LogP contribution in [0.3, 0.4) is 0 Å². The van der Waals surface area contributed by atoms with Gasteiger partial charge in [0, 0.05) is 12.1 Å². The van der Waals surface area contributed by atoms with Gasteiger partial charge in [0.15, 0.2) is 9.84 Å². The van der Waals surface area contributed by atoms with E-state index >= 15 is 0 Å². The van der Waals surface area contributed by atoms with Gasteiger partial charge in [-0.25, -0.2) is 18.2 Å². The van der Waals surface area contributed by atoms with E-state index in [2.05, 4.69) is 20.6 Å². The number of hydrogen-bond acceptors (Lipinski definition) is 11. The second-order valence-electron chi connectivity index (χ2n) is 13.7. The highest BCUT2D eigenvalue weighted by molar-refractivity contribution is 7.92. The number of hydroxylamine groups is 1. The molecule has 0 aromatic carbocycles. The highest BCUT2D eigenvalue weighted by atomic mass is 32.2. The summed E-state index contributed by atoms with van der Waals surface area (Å²) < 4.78 is 27.1. The molecule has 4 aliphatic rings. The van der Waals surface area contributed by atoms with Gasteiger partial charge in [-0.2, -0.15) is 5.48 Å². The van der Waals surface area contributed by atoms with Crippen molar-refractivity contribution in [2.24, 2.45) is 35.5 Å². The van der Waals surface area contributed by atoms with Crippen LogP contribution < -0.4 is 10.8 Å². The zero-order chi connectivity index (χ0) is 32.6. The number of carbonyl (C=O) groups excluding carboxylic acids is 1. The number of carboxylic acid groups (broad SMARTS) is 2. The summed E-state index contributed by atoms with van der Waals surface area (Å²) in [6.45, 7) is 0.470. The van der Waals surface area contributed by atoms with Crippen molar-refractivity contribution in [3.05, 3.63) is 0 Å². The second kappa shape index (κ2) is 16.8. The number of hydrogen-bond donors (Lipinski definition) is 6. The molecule has 0 bridgehead atoms. The van der Waals surface area contributed by atoms with E-state index in [-0.39, 0.29) is 55.6 Å². The summed E-state index contributed by atoms with van der Waals surface area (Å²) in [6, 6.07) is -0.213. The fourth-order valence-corrected chi connectivity index (χ4v) is 10.5. The van der Waals surface area contributed by atoms with Crippen molar-refractivity contribution >= 4 is 27.7 Å². The summed E-state index contributed by atoms with van der Waals surface area (Å²) in [5, 5.41) is 38.8. The third kappa shape index (κ3) is 9.58. The number of carboxylic acids is 2. The summed E-state index contributed by atoms with van der Waals surface area (Å²) in [6.07, 6.45) is 7.06. The van der Waals surface area contributed by atoms with E-state index in [0.29, 0.717) is 89.9 Å². The minimum atomic E-state index is -3.37. The zero-order valence-electron chi connectivity index (χ0n) is 25.8. The first-order valence-electron chi connectivity index (χ1n) is 16.4. The molecule has 258 valence electrons. The Bertz CT molecular complexity index is 1090. The van der Waals surface area contributed by atoms with Crippen LogP contribution in [0.5, 0.6) is 0 Å². The van der Waals surface area contributed by atoms with Crippen LogP contribution in [0, 0.1) is 35.5 Å². The Morgan fingerprint density at radius 3 is 1.84 bits per heavy atom. The Kier molecular flexibility index (Phi) is 13.4. The smallest absolute Gasteiger partial charge is 0.307 e. The molecular formula is C30H50N2O12S. The first-order valence-corrected chi connectivity index (χ1v) is 18.0. The lowest BCUT2D eigenvalue weighted by molar-refractivity contribution is -0.257.